The Balaban J connectivity index is 1.36. The highest BCUT2D eigenvalue weighted by atomic mass is 19.4. The van der Waals surface area contributed by atoms with Crippen molar-refractivity contribution in [3.05, 3.63) is 77.4 Å². The van der Waals surface area contributed by atoms with Crippen LogP contribution < -0.4 is 4.74 Å². The van der Waals surface area contributed by atoms with Crippen LogP contribution in [0.15, 0.2) is 55.1 Å². The molecule has 0 unspecified atom stereocenters. The zero-order chi connectivity index (χ0) is 28.6. The van der Waals surface area contributed by atoms with E-state index in [-0.39, 0.29) is 29.3 Å². The number of hydrogen-bond donors (Lipinski definition) is 2. The second-order valence-electron chi connectivity index (χ2n) is 11.1. The third kappa shape index (κ3) is 3.51. The summed E-state index contributed by atoms with van der Waals surface area (Å²) in [6.45, 7) is 4.71. The molecule has 0 aromatic heterocycles. The fourth-order valence-electron chi connectivity index (χ4n) is 7.49. The molecule has 40 heavy (non-hydrogen) atoms. The predicted octanol–water partition coefficient (Wildman–Crippen LogP) is 3.93. The van der Waals surface area contributed by atoms with E-state index in [9.17, 15) is 33.0 Å². The average Bonchev–Trinajstić information content (AvgIpc) is 3.27. The summed E-state index contributed by atoms with van der Waals surface area (Å²) in [4.78, 5) is 30.5. The van der Waals surface area contributed by atoms with Crippen LogP contribution in [0.5, 0.6) is 11.5 Å². The number of alkyl halides is 3. The minimum Gasteiger partial charge on any atom is -0.504 e. The smallest absolute Gasteiger partial charge is 0.416 e. The topological polar surface area (TPSA) is 90.3 Å². The molecule has 2 aliphatic carbocycles. The van der Waals surface area contributed by atoms with Crippen molar-refractivity contribution in [2.45, 2.75) is 54.6 Å². The SMILES string of the molecule is C=CCN1CC[C@]23c4c5ccc(O)c4O[C@H]2[C@@H](N(C)C(=O)C=Cc2cccc(C(F)(F)F)c2)CC[C@@]3(O)[C@H]1C5=O. The molecule has 4 aliphatic rings. The van der Waals surface area contributed by atoms with Gasteiger partial charge in [0.05, 0.1) is 17.0 Å². The van der Waals surface area contributed by atoms with Crippen molar-refractivity contribution in [1.82, 2.24) is 9.80 Å². The second-order valence-corrected chi connectivity index (χ2v) is 11.1. The summed E-state index contributed by atoms with van der Waals surface area (Å²) in [5.74, 6) is -0.646. The number of halogens is 3. The Morgan fingerprint density at radius 3 is 2.77 bits per heavy atom. The number of amides is 1. The van der Waals surface area contributed by atoms with Gasteiger partial charge in [-0.1, -0.05) is 18.2 Å². The van der Waals surface area contributed by atoms with Crippen LogP contribution in [0.2, 0.25) is 0 Å². The van der Waals surface area contributed by atoms with E-state index in [2.05, 4.69) is 6.58 Å². The van der Waals surface area contributed by atoms with E-state index in [1.165, 1.54) is 35.3 Å². The monoisotopic (exact) mass is 554 g/mol. The van der Waals surface area contributed by atoms with Crippen LogP contribution in [0.1, 0.15) is 46.3 Å². The summed E-state index contributed by atoms with van der Waals surface area (Å²) in [7, 11) is 1.59. The molecular formula is C30H29F3N2O5. The maximum absolute atomic E-state index is 13.8. The van der Waals surface area contributed by atoms with E-state index in [0.717, 1.165) is 12.1 Å². The molecule has 2 fully saturated rings. The van der Waals surface area contributed by atoms with Gasteiger partial charge in [0.1, 0.15) is 17.7 Å². The van der Waals surface area contributed by atoms with Crippen molar-refractivity contribution < 1.29 is 37.7 Å². The van der Waals surface area contributed by atoms with Gasteiger partial charge in [-0.3, -0.25) is 14.5 Å². The van der Waals surface area contributed by atoms with Crippen molar-refractivity contribution in [3.63, 3.8) is 0 Å². The Hall–Kier alpha value is -3.63. The number of ether oxygens (including phenoxy) is 1. The summed E-state index contributed by atoms with van der Waals surface area (Å²) in [6.07, 6.45) is -0.0172. The number of aromatic hydroxyl groups is 1. The number of phenolic OH excluding ortho intramolecular Hbond substituents is 1. The lowest BCUT2D eigenvalue weighted by atomic mass is 9.48. The number of aliphatic hydroxyl groups is 1. The first kappa shape index (κ1) is 26.6. The Kier molecular flexibility index (Phi) is 5.94. The molecule has 10 heteroatoms. The fourth-order valence-corrected chi connectivity index (χ4v) is 7.49. The number of likely N-dealkylation sites (N-methyl/N-ethyl adjacent to an activating group) is 1. The number of rotatable bonds is 5. The summed E-state index contributed by atoms with van der Waals surface area (Å²) in [5, 5.41) is 23.1. The molecule has 7 nitrogen and oxygen atoms in total. The van der Waals surface area contributed by atoms with Gasteiger partial charge in [-0.25, -0.2) is 0 Å². The molecule has 2 aromatic carbocycles. The number of hydrogen-bond acceptors (Lipinski definition) is 6. The molecule has 1 saturated carbocycles. The minimum atomic E-state index is -4.50. The molecule has 1 saturated heterocycles. The number of benzene rings is 2. The lowest BCUT2D eigenvalue weighted by Crippen LogP contribution is -2.79. The molecule has 5 atom stereocenters. The molecule has 2 heterocycles. The largest absolute Gasteiger partial charge is 0.504 e. The van der Waals surface area contributed by atoms with Gasteiger partial charge >= 0.3 is 6.18 Å². The quantitative estimate of drug-likeness (QED) is 0.430. The first-order chi connectivity index (χ1) is 18.9. The van der Waals surface area contributed by atoms with Gasteiger partial charge in [0, 0.05) is 37.3 Å². The van der Waals surface area contributed by atoms with E-state index in [1.54, 1.807) is 19.2 Å². The first-order valence-electron chi connectivity index (χ1n) is 13.2. The third-order valence-corrected chi connectivity index (χ3v) is 9.22. The molecule has 1 spiro atoms. The lowest BCUT2D eigenvalue weighted by molar-refractivity contribution is -0.186. The van der Waals surface area contributed by atoms with Crippen molar-refractivity contribution >= 4 is 17.8 Å². The Bertz CT molecular complexity index is 1460. The second kappa shape index (κ2) is 8.94. The number of carbonyl (C=O) groups is 2. The van der Waals surface area contributed by atoms with Crippen LogP contribution >= 0.6 is 0 Å². The molecule has 0 radical (unpaired) electrons. The summed E-state index contributed by atoms with van der Waals surface area (Å²) in [5.41, 5.74) is -2.19. The van der Waals surface area contributed by atoms with Gasteiger partial charge in [0.25, 0.3) is 0 Å². The minimum absolute atomic E-state index is 0.137. The third-order valence-electron chi connectivity index (χ3n) is 9.22. The van der Waals surface area contributed by atoms with Crippen molar-refractivity contribution in [1.29, 1.82) is 0 Å². The predicted molar refractivity (Wildman–Crippen MR) is 140 cm³/mol. The van der Waals surface area contributed by atoms with E-state index in [0.29, 0.717) is 37.1 Å². The molecular weight excluding hydrogens is 525 g/mol. The van der Waals surface area contributed by atoms with Crippen molar-refractivity contribution in [2.24, 2.45) is 0 Å². The zero-order valence-electron chi connectivity index (χ0n) is 21.8. The van der Waals surface area contributed by atoms with E-state index < -0.39 is 46.9 Å². The molecule has 210 valence electrons. The molecule has 2 aliphatic heterocycles. The molecule has 2 N–H and O–H groups in total. The number of piperidine rings is 1. The van der Waals surface area contributed by atoms with Crippen LogP contribution in [-0.4, -0.2) is 75.6 Å². The summed E-state index contributed by atoms with van der Waals surface area (Å²) in [6, 6.07) is 6.34. The van der Waals surface area contributed by atoms with Crippen molar-refractivity contribution in [2.75, 3.05) is 20.1 Å². The molecule has 6 rings (SSSR count). The summed E-state index contributed by atoms with van der Waals surface area (Å²) >= 11 is 0. The highest BCUT2D eigenvalue weighted by Gasteiger charge is 2.75. The molecule has 1 amide bonds. The highest BCUT2D eigenvalue weighted by Crippen LogP contribution is 2.65. The van der Waals surface area contributed by atoms with Gasteiger partial charge in [0.2, 0.25) is 5.91 Å². The fraction of sp³-hybridized carbons (Fsp3) is 0.400. The Labute approximate surface area is 229 Å². The zero-order valence-corrected chi connectivity index (χ0v) is 21.8. The lowest BCUT2D eigenvalue weighted by Gasteiger charge is -2.63. The van der Waals surface area contributed by atoms with Crippen LogP contribution in [-0.2, 0) is 16.4 Å². The van der Waals surface area contributed by atoms with Crippen LogP contribution in [0, 0.1) is 0 Å². The van der Waals surface area contributed by atoms with Crippen LogP contribution in [0.3, 0.4) is 0 Å². The van der Waals surface area contributed by atoms with Crippen LogP contribution in [0.4, 0.5) is 13.2 Å². The average molecular weight is 555 g/mol. The summed E-state index contributed by atoms with van der Waals surface area (Å²) < 4.78 is 45.7. The van der Waals surface area contributed by atoms with E-state index >= 15 is 0 Å². The van der Waals surface area contributed by atoms with Crippen LogP contribution in [0.25, 0.3) is 6.08 Å². The number of ketones is 1. The molecule has 2 aromatic rings. The highest BCUT2D eigenvalue weighted by molar-refractivity contribution is 6.06. The van der Waals surface area contributed by atoms with Gasteiger partial charge in [-0.2, -0.15) is 13.2 Å². The number of phenols is 1. The van der Waals surface area contributed by atoms with E-state index in [1.807, 2.05) is 4.90 Å². The number of carbonyl (C=O) groups excluding carboxylic acids is 2. The van der Waals surface area contributed by atoms with E-state index in [4.69, 9.17) is 4.74 Å². The Morgan fingerprint density at radius 1 is 1.27 bits per heavy atom. The molecule has 2 bridgehead atoms. The Morgan fingerprint density at radius 2 is 2.05 bits per heavy atom. The van der Waals surface area contributed by atoms with Crippen molar-refractivity contribution in [3.8, 4) is 11.5 Å². The normalized spacial score (nSPS) is 30.6. The van der Waals surface area contributed by atoms with Gasteiger partial charge < -0.3 is 19.8 Å². The number of likely N-dealkylation sites (tertiary alicyclic amines) is 1. The van der Waals surface area contributed by atoms with Gasteiger partial charge in [0.15, 0.2) is 17.3 Å². The number of nitrogens with zero attached hydrogens (tertiary/aromatic N) is 2. The number of Topliss-reactive ketones (excluding diaryl/α,β-unsaturated/α-hetero) is 1. The van der Waals surface area contributed by atoms with Gasteiger partial charge in [-0.15, -0.1) is 6.58 Å². The maximum atomic E-state index is 13.8. The first-order valence-corrected chi connectivity index (χ1v) is 13.2. The standard InChI is InChI=1S/C30H29F3N2O5/c1-3-14-35-15-13-28-23-19-8-9-21(36)25(23)40-27(28)20(11-12-29(28,39)26(35)24(19)38)34(2)22(37)10-7-17-5-4-6-18(16-17)30(31,32)33/h3-10,16,20,26-27,36,39H,1,11-15H2,2H3/t20-,26+,27-,28-,29+/m0/s1. The van der Waals surface area contributed by atoms with Gasteiger partial charge in [-0.05, 0) is 55.2 Å². The maximum Gasteiger partial charge on any atom is 0.416 e.